The van der Waals surface area contributed by atoms with Gasteiger partial charge in [-0.15, -0.1) is 11.3 Å². The van der Waals surface area contributed by atoms with Gasteiger partial charge in [0.2, 0.25) is 0 Å². The molecule has 2 aromatic rings. The summed E-state index contributed by atoms with van der Waals surface area (Å²) in [6.07, 6.45) is 2.86. The number of hydrogen-bond donors (Lipinski definition) is 1. The molecule has 0 radical (unpaired) electrons. The zero-order valence-electron chi connectivity index (χ0n) is 9.55. The van der Waals surface area contributed by atoms with Crippen LogP contribution in [0.25, 0.3) is 0 Å². The fourth-order valence-corrected chi connectivity index (χ4v) is 2.31. The lowest BCUT2D eigenvalue weighted by molar-refractivity contribution is 0.530. The molecule has 0 fully saturated rings. The van der Waals surface area contributed by atoms with Crippen LogP contribution in [-0.4, -0.2) is 21.3 Å². The third-order valence-corrected chi connectivity index (χ3v) is 3.05. The largest absolute Gasteiger partial charge is 0.309 e. The van der Waals surface area contributed by atoms with E-state index >= 15 is 0 Å². The molecule has 0 amide bonds. The van der Waals surface area contributed by atoms with Crippen molar-refractivity contribution >= 4 is 11.3 Å². The van der Waals surface area contributed by atoms with E-state index in [9.17, 15) is 0 Å². The van der Waals surface area contributed by atoms with Crippen molar-refractivity contribution in [3.05, 3.63) is 34.5 Å². The highest BCUT2D eigenvalue weighted by molar-refractivity contribution is 7.07. The van der Waals surface area contributed by atoms with Gasteiger partial charge in [0.05, 0.1) is 22.9 Å². The standard InChI is InChI=1S/C11H16N4S/c1-3-12-10(11-7-16-8-13-11)6-9-4-5-15(2)14-9/h4-5,7-8,10,12H,3,6H2,1-2H3. The second kappa shape index (κ2) is 5.23. The van der Waals surface area contributed by atoms with Gasteiger partial charge in [-0.25, -0.2) is 4.98 Å². The Balaban J connectivity index is 2.09. The molecule has 0 aromatic carbocycles. The number of nitrogens with zero attached hydrogens (tertiary/aromatic N) is 3. The summed E-state index contributed by atoms with van der Waals surface area (Å²) in [6.45, 7) is 3.05. The first kappa shape index (κ1) is 11.3. The highest BCUT2D eigenvalue weighted by Gasteiger charge is 2.14. The number of hydrogen-bond acceptors (Lipinski definition) is 4. The monoisotopic (exact) mass is 236 g/mol. The quantitative estimate of drug-likeness (QED) is 0.860. The molecule has 0 spiro atoms. The molecule has 1 unspecified atom stereocenters. The average Bonchev–Trinajstić information content (AvgIpc) is 2.88. The van der Waals surface area contributed by atoms with Crippen LogP contribution in [0.5, 0.6) is 0 Å². The number of aryl methyl sites for hydroxylation is 1. The first-order valence-corrected chi connectivity index (χ1v) is 6.34. The lowest BCUT2D eigenvalue weighted by Gasteiger charge is -2.14. The molecule has 0 bridgehead atoms. The molecule has 86 valence electrons. The third-order valence-electron chi connectivity index (χ3n) is 2.44. The fraction of sp³-hybridized carbons (Fsp3) is 0.455. The Labute approximate surface area is 99.3 Å². The highest BCUT2D eigenvalue weighted by atomic mass is 32.1. The molecule has 1 N–H and O–H groups in total. The van der Waals surface area contributed by atoms with Crippen LogP contribution in [0.2, 0.25) is 0 Å². The normalized spacial score (nSPS) is 12.9. The summed E-state index contributed by atoms with van der Waals surface area (Å²) in [4.78, 5) is 4.36. The van der Waals surface area contributed by atoms with Gasteiger partial charge in [0.25, 0.3) is 0 Å². The summed E-state index contributed by atoms with van der Waals surface area (Å²) in [5.41, 5.74) is 4.08. The van der Waals surface area contributed by atoms with E-state index in [0.717, 1.165) is 24.4 Å². The summed E-state index contributed by atoms with van der Waals surface area (Å²) in [5.74, 6) is 0. The van der Waals surface area contributed by atoms with E-state index in [1.54, 1.807) is 11.3 Å². The van der Waals surface area contributed by atoms with Crippen molar-refractivity contribution in [3.8, 4) is 0 Å². The summed E-state index contributed by atoms with van der Waals surface area (Å²) in [6, 6.07) is 2.32. The van der Waals surface area contributed by atoms with Crippen molar-refractivity contribution in [1.29, 1.82) is 0 Å². The van der Waals surface area contributed by atoms with Crippen LogP contribution in [0.4, 0.5) is 0 Å². The number of nitrogens with one attached hydrogen (secondary N) is 1. The van der Waals surface area contributed by atoms with Gasteiger partial charge >= 0.3 is 0 Å². The minimum absolute atomic E-state index is 0.270. The second-order valence-corrected chi connectivity index (χ2v) is 4.43. The van der Waals surface area contributed by atoms with Crippen LogP contribution in [-0.2, 0) is 13.5 Å². The molecule has 0 saturated heterocycles. The summed E-state index contributed by atoms with van der Waals surface area (Å²) >= 11 is 1.63. The average molecular weight is 236 g/mol. The summed E-state index contributed by atoms with van der Waals surface area (Å²) in [5, 5.41) is 9.93. The van der Waals surface area contributed by atoms with Crippen LogP contribution < -0.4 is 5.32 Å². The van der Waals surface area contributed by atoms with Crippen LogP contribution >= 0.6 is 11.3 Å². The first-order chi connectivity index (χ1) is 7.79. The zero-order chi connectivity index (χ0) is 11.4. The van der Waals surface area contributed by atoms with Gasteiger partial charge in [0.15, 0.2) is 0 Å². The summed E-state index contributed by atoms with van der Waals surface area (Å²) < 4.78 is 1.83. The molecule has 16 heavy (non-hydrogen) atoms. The number of aromatic nitrogens is 3. The van der Waals surface area contributed by atoms with Crippen molar-refractivity contribution in [1.82, 2.24) is 20.1 Å². The maximum Gasteiger partial charge on any atom is 0.0795 e. The van der Waals surface area contributed by atoms with Crippen LogP contribution in [0.15, 0.2) is 23.2 Å². The first-order valence-electron chi connectivity index (χ1n) is 5.39. The van der Waals surface area contributed by atoms with Crippen molar-refractivity contribution in [3.63, 3.8) is 0 Å². The van der Waals surface area contributed by atoms with Crippen LogP contribution in [0, 0.1) is 0 Å². The van der Waals surface area contributed by atoms with Gasteiger partial charge in [-0.05, 0) is 12.6 Å². The van der Waals surface area contributed by atoms with E-state index in [4.69, 9.17) is 0 Å². The lowest BCUT2D eigenvalue weighted by atomic mass is 10.1. The smallest absolute Gasteiger partial charge is 0.0795 e. The van der Waals surface area contributed by atoms with E-state index in [-0.39, 0.29) is 6.04 Å². The molecule has 0 saturated carbocycles. The minimum Gasteiger partial charge on any atom is -0.309 e. The molecule has 0 aliphatic carbocycles. The minimum atomic E-state index is 0.270. The van der Waals surface area contributed by atoms with E-state index in [1.807, 2.05) is 23.4 Å². The van der Waals surface area contributed by atoms with Gasteiger partial charge < -0.3 is 5.32 Å². The van der Waals surface area contributed by atoms with Crippen molar-refractivity contribution in [2.24, 2.45) is 7.05 Å². The van der Waals surface area contributed by atoms with E-state index in [1.165, 1.54) is 0 Å². The topological polar surface area (TPSA) is 42.7 Å². The van der Waals surface area contributed by atoms with Gasteiger partial charge in [0.1, 0.15) is 0 Å². The predicted octanol–water partition coefficient (Wildman–Crippen LogP) is 1.77. The van der Waals surface area contributed by atoms with Gasteiger partial charge in [-0.1, -0.05) is 6.92 Å². The zero-order valence-corrected chi connectivity index (χ0v) is 10.4. The molecule has 4 nitrogen and oxygen atoms in total. The Morgan fingerprint density at radius 1 is 1.56 bits per heavy atom. The Bertz CT molecular complexity index is 421. The SMILES string of the molecule is CCNC(Cc1ccn(C)n1)c1cscn1. The molecular weight excluding hydrogens is 220 g/mol. The Morgan fingerprint density at radius 2 is 2.44 bits per heavy atom. The van der Waals surface area contributed by atoms with E-state index in [0.29, 0.717) is 0 Å². The molecule has 1 atom stereocenters. The van der Waals surface area contributed by atoms with E-state index in [2.05, 4.69) is 33.8 Å². The van der Waals surface area contributed by atoms with Gasteiger partial charge in [-0.3, -0.25) is 4.68 Å². The highest BCUT2D eigenvalue weighted by Crippen LogP contribution is 2.17. The van der Waals surface area contributed by atoms with Crippen LogP contribution in [0.1, 0.15) is 24.4 Å². The third kappa shape index (κ3) is 2.68. The van der Waals surface area contributed by atoms with Gasteiger partial charge in [-0.2, -0.15) is 5.10 Å². The molecule has 0 aliphatic heterocycles. The number of thiazole rings is 1. The molecule has 2 aromatic heterocycles. The van der Waals surface area contributed by atoms with E-state index < -0.39 is 0 Å². The predicted molar refractivity (Wildman–Crippen MR) is 65.4 cm³/mol. The molecule has 0 aliphatic rings. The molecule has 2 rings (SSSR count). The maximum absolute atomic E-state index is 4.39. The van der Waals surface area contributed by atoms with Crippen molar-refractivity contribution in [2.75, 3.05) is 6.54 Å². The van der Waals surface area contributed by atoms with Crippen LogP contribution in [0.3, 0.4) is 0 Å². The Morgan fingerprint density at radius 3 is 3.00 bits per heavy atom. The summed E-state index contributed by atoms with van der Waals surface area (Å²) in [7, 11) is 1.94. The Hall–Kier alpha value is -1.20. The van der Waals surface area contributed by atoms with Crippen molar-refractivity contribution in [2.45, 2.75) is 19.4 Å². The molecule has 2 heterocycles. The Kier molecular flexibility index (Phi) is 3.69. The van der Waals surface area contributed by atoms with Crippen molar-refractivity contribution < 1.29 is 0 Å². The lowest BCUT2D eigenvalue weighted by Crippen LogP contribution is -2.23. The maximum atomic E-state index is 4.39. The number of rotatable bonds is 5. The molecule has 5 heteroatoms. The molecular formula is C11H16N4S. The number of likely N-dealkylation sites (N-methyl/N-ethyl adjacent to an activating group) is 1. The van der Waals surface area contributed by atoms with Gasteiger partial charge in [0, 0.05) is 25.0 Å². The second-order valence-electron chi connectivity index (χ2n) is 3.71. The fourth-order valence-electron chi connectivity index (χ4n) is 1.70.